The van der Waals surface area contributed by atoms with E-state index in [1.165, 1.54) is 17.6 Å². The van der Waals surface area contributed by atoms with Gasteiger partial charge in [-0.1, -0.05) is 19.4 Å². The molecule has 1 fully saturated rings. The van der Waals surface area contributed by atoms with Crippen molar-refractivity contribution in [1.29, 1.82) is 0 Å². The van der Waals surface area contributed by atoms with Crippen LogP contribution in [0.15, 0.2) is 11.1 Å². The summed E-state index contributed by atoms with van der Waals surface area (Å²) >= 11 is 0. The minimum atomic E-state index is 0.413. The minimum Gasteiger partial charge on any atom is -0.295 e. The Balaban J connectivity index is 2.24. The lowest BCUT2D eigenvalue weighted by molar-refractivity contribution is -0.115. The summed E-state index contributed by atoms with van der Waals surface area (Å²) in [7, 11) is 0. The van der Waals surface area contributed by atoms with Gasteiger partial charge in [-0.3, -0.25) is 4.79 Å². The van der Waals surface area contributed by atoms with Crippen molar-refractivity contribution in [3.05, 3.63) is 11.1 Å². The third-order valence-electron chi connectivity index (χ3n) is 3.35. The average Bonchev–Trinajstić information content (AvgIpc) is 2.42. The number of hydrogen-bond donors (Lipinski definition) is 0. The molecule has 0 saturated heterocycles. The molecule has 0 aromatic carbocycles. The number of carbonyl (C=O) groups excluding carboxylic acids is 1. The maximum Gasteiger partial charge on any atom is 0.159 e. The quantitative estimate of drug-likeness (QED) is 0.582. The Morgan fingerprint density at radius 1 is 1.33 bits per heavy atom. The van der Waals surface area contributed by atoms with Gasteiger partial charge in [-0.05, 0) is 36.7 Å². The second-order valence-corrected chi connectivity index (χ2v) is 4.86. The van der Waals surface area contributed by atoms with E-state index in [-0.39, 0.29) is 0 Å². The lowest BCUT2D eigenvalue weighted by Crippen LogP contribution is -2.02. The van der Waals surface area contributed by atoms with E-state index in [2.05, 4.69) is 20.8 Å². The molecule has 66 valence electrons. The van der Waals surface area contributed by atoms with Crippen molar-refractivity contribution in [2.45, 2.75) is 40.0 Å². The summed E-state index contributed by atoms with van der Waals surface area (Å²) in [6.07, 6.45) is 3.00. The van der Waals surface area contributed by atoms with Crippen molar-refractivity contribution in [1.82, 2.24) is 0 Å². The van der Waals surface area contributed by atoms with E-state index < -0.39 is 0 Å². The van der Waals surface area contributed by atoms with E-state index in [0.717, 1.165) is 12.8 Å². The molecule has 12 heavy (non-hydrogen) atoms. The predicted molar refractivity (Wildman–Crippen MR) is 48.8 cm³/mol. The highest BCUT2D eigenvalue weighted by Crippen LogP contribution is 2.57. The first-order chi connectivity index (χ1) is 5.52. The standard InChI is InChI=1S/C11H16O/c1-7-4-5-9(12)10(7)8-6-11(8,2)3/h8H,4-6H2,1-3H3. The summed E-state index contributed by atoms with van der Waals surface area (Å²) in [5.74, 6) is 1.01. The van der Waals surface area contributed by atoms with Crippen LogP contribution < -0.4 is 0 Å². The molecule has 2 rings (SSSR count). The van der Waals surface area contributed by atoms with Crippen LogP contribution in [0.25, 0.3) is 0 Å². The molecule has 0 N–H and O–H groups in total. The number of hydrogen-bond acceptors (Lipinski definition) is 1. The highest BCUT2D eigenvalue weighted by atomic mass is 16.1. The van der Waals surface area contributed by atoms with Gasteiger partial charge in [0.15, 0.2) is 5.78 Å². The summed E-state index contributed by atoms with van der Waals surface area (Å²) in [5.41, 5.74) is 2.95. The van der Waals surface area contributed by atoms with E-state index in [1.807, 2.05) is 0 Å². The van der Waals surface area contributed by atoms with Gasteiger partial charge in [-0.25, -0.2) is 0 Å². The van der Waals surface area contributed by atoms with Gasteiger partial charge in [-0.2, -0.15) is 0 Å². The molecule has 0 aromatic heterocycles. The van der Waals surface area contributed by atoms with Gasteiger partial charge in [0, 0.05) is 6.42 Å². The van der Waals surface area contributed by atoms with Crippen LogP contribution in [0.5, 0.6) is 0 Å². The van der Waals surface area contributed by atoms with Gasteiger partial charge >= 0.3 is 0 Å². The fraction of sp³-hybridized carbons (Fsp3) is 0.727. The molecule has 1 heteroatoms. The van der Waals surface area contributed by atoms with Crippen molar-refractivity contribution in [2.24, 2.45) is 11.3 Å². The lowest BCUT2D eigenvalue weighted by Gasteiger charge is -2.04. The zero-order valence-corrected chi connectivity index (χ0v) is 8.11. The largest absolute Gasteiger partial charge is 0.295 e. The fourth-order valence-corrected chi connectivity index (χ4v) is 2.26. The Morgan fingerprint density at radius 3 is 2.25 bits per heavy atom. The van der Waals surface area contributed by atoms with Crippen LogP contribution in [-0.4, -0.2) is 5.78 Å². The smallest absolute Gasteiger partial charge is 0.159 e. The number of carbonyl (C=O) groups is 1. The summed E-state index contributed by atoms with van der Waals surface area (Å²) in [5, 5.41) is 0. The molecule has 0 spiro atoms. The van der Waals surface area contributed by atoms with Crippen LogP contribution in [0, 0.1) is 11.3 Å². The summed E-state index contributed by atoms with van der Waals surface area (Å²) < 4.78 is 0. The fourth-order valence-electron chi connectivity index (χ4n) is 2.26. The second-order valence-electron chi connectivity index (χ2n) is 4.86. The molecule has 1 atom stereocenters. The predicted octanol–water partition coefficient (Wildman–Crippen LogP) is 2.71. The summed E-state index contributed by atoms with van der Waals surface area (Å²) in [6, 6.07) is 0. The lowest BCUT2D eigenvalue weighted by atomic mass is 10.00. The highest BCUT2D eigenvalue weighted by molar-refractivity contribution is 5.99. The van der Waals surface area contributed by atoms with E-state index in [0.29, 0.717) is 17.1 Å². The normalized spacial score (nSPS) is 32.9. The van der Waals surface area contributed by atoms with Crippen LogP contribution in [0.4, 0.5) is 0 Å². The van der Waals surface area contributed by atoms with Crippen LogP contribution in [0.2, 0.25) is 0 Å². The molecule has 1 unspecified atom stereocenters. The Kier molecular flexibility index (Phi) is 1.48. The van der Waals surface area contributed by atoms with Gasteiger partial charge in [0.05, 0.1) is 0 Å². The topological polar surface area (TPSA) is 17.1 Å². The molecule has 0 bridgehead atoms. The Hall–Kier alpha value is -0.590. The second kappa shape index (κ2) is 2.21. The zero-order chi connectivity index (χ0) is 8.93. The van der Waals surface area contributed by atoms with E-state index in [1.54, 1.807) is 0 Å². The van der Waals surface area contributed by atoms with E-state index >= 15 is 0 Å². The molecule has 0 aliphatic heterocycles. The maximum atomic E-state index is 11.5. The SMILES string of the molecule is CC1=C(C2CC2(C)C)C(=O)CC1. The van der Waals surface area contributed by atoms with Crippen molar-refractivity contribution in [2.75, 3.05) is 0 Å². The number of Topliss-reactive ketones (excluding diaryl/α,β-unsaturated/α-hetero) is 1. The molecule has 0 aromatic rings. The van der Waals surface area contributed by atoms with Crippen molar-refractivity contribution >= 4 is 5.78 Å². The first-order valence-corrected chi connectivity index (χ1v) is 4.75. The number of allylic oxidation sites excluding steroid dienone is 2. The third-order valence-corrected chi connectivity index (χ3v) is 3.35. The first kappa shape index (κ1) is 8.03. The van der Waals surface area contributed by atoms with Gasteiger partial charge in [0.1, 0.15) is 0 Å². The number of rotatable bonds is 1. The van der Waals surface area contributed by atoms with Crippen LogP contribution in [-0.2, 0) is 4.79 Å². The molecular weight excluding hydrogens is 148 g/mol. The maximum absolute atomic E-state index is 11.5. The molecule has 2 aliphatic carbocycles. The van der Waals surface area contributed by atoms with Gasteiger partial charge in [0.25, 0.3) is 0 Å². The van der Waals surface area contributed by atoms with Crippen molar-refractivity contribution in [3.8, 4) is 0 Å². The zero-order valence-electron chi connectivity index (χ0n) is 8.11. The van der Waals surface area contributed by atoms with Crippen molar-refractivity contribution in [3.63, 3.8) is 0 Å². The first-order valence-electron chi connectivity index (χ1n) is 4.75. The highest BCUT2D eigenvalue weighted by Gasteiger charge is 2.50. The molecule has 0 radical (unpaired) electrons. The van der Waals surface area contributed by atoms with Crippen molar-refractivity contribution < 1.29 is 4.79 Å². The average molecular weight is 164 g/mol. The Bertz CT molecular complexity index is 271. The molecular formula is C11H16O. The van der Waals surface area contributed by atoms with Gasteiger partial charge < -0.3 is 0 Å². The Morgan fingerprint density at radius 2 is 1.92 bits per heavy atom. The van der Waals surface area contributed by atoms with Crippen LogP contribution in [0.3, 0.4) is 0 Å². The van der Waals surface area contributed by atoms with Crippen LogP contribution >= 0.6 is 0 Å². The van der Waals surface area contributed by atoms with Gasteiger partial charge in [-0.15, -0.1) is 0 Å². The molecule has 0 heterocycles. The van der Waals surface area contributed by atoms with Gasteiger partial charge in [0.2, 0.25) is 0 Å². The Labute approximate surface area is 73.8 Å². The minimum absolute atomic E-state index is 0.413. The summed E-state index contributed by atoms with van der Waals surface area (Å²) in [6.45, 7) is 6.63. The van der Waals surface area contributed by atoms with E-state index in [4.69, 9.17) is 0 Å². The molecule has 1 nitrogen and oxygen atoms in total. The van der Waals surface area contributed by atoms with E-state index in [9.17, 15) is 4.79 Å². The summed E-state index contributed by atoms with van der Waals surface area (Å²) in [4.78, 5) is 11.5. The third kappa shape index (κ3) is 1.03. The van der Waals surface area contributed by atoms with Crippen LogP contribution in [0.1, 0.15) is 40.0 Å². The monoisotopic (exact) mass is 164 g/mol. The molecule has 2 aliphatic rings. The number of ketones is 1. The molecule has 1 saturated carbocycles. The molecule has 0 amide bonds.